The predicted molar refractivity (Wildman–Crippen MR) is 98.2 cm³/mol. The number of methoxy groups -OCH3 is 2. The van der Waals surface area contributed by atoms with Crippen LogP contribution in [0, 0.1) is 0 Å². The van der Waals surface area contributed by atoms with E-state index in [2.05, 4.69) is 46.9 Å². The fourth-order valence-electron chi connectivity index (χ4n) is 2.08. The molecule has 0 atom stereocenters. The molecular formula is C18H21BrN2O3. The van der Waals surface area contributed by atoms with Gasteiger partial charge in [-0.25, -0.2) is 0 Å². The minimum Gasteiger partial charge on any atom is -0.505 e. The quantitative estimate of drug-likeness (QED) is 0.660. The fraction of sp³-hybridized carbons (Fsp3) is 0.333. The Kier molecular flexibility index (Phi) is 5.49. The topological polar surface area (TPSA) is 63.4 Å². The molecule has 0 radical (unpaired) electrons. The highest BCUT2D eigenvalue weighted by Crippen LogP contribution is 2.40. The van der Waals surface area contributed by atoms with E-state index in [0.29, 0.717) is 27.3 Å². The Morgan fingerprint density at radius 3 is 2.21 bits per heavy atom. The van der Waals surface area contributed by atoms with Gasteiger partial charge in [-0.1, -0.05) is 20.8 Å². The number of phenols is 1. The maximum Gasteiger partial charge on any atom is 0.157 e. The number of hydrogen-bond donors (Lipinski definition) is 1. The third kappa shape index (κ3) is 4.06. The first-order valence-electron chi connectivity index (χ1n) is 7.43. The van der Waals surface area contributed by atoms with Gasteiger partial charge >= 0.3 is 0 Å². The molecule has 0 amide bonds. The highest BCUT2D eigenvalue weighted by Gasteiger charge is 2.18. The smallest absolute Gasteiger partial charge is 0.157 e. The molecule has 0 aromatic heterocycles. The molecule has 2 aromatic rings. The minimum absolute atomic E-state index is 0.0496. The van der Waals surface area contributed by atoms with E-state index in [1.807, 2.05) is 12.1 Å². The molecule has 2 rings (SSSR count). The summed E-state index contributed by atoms with van der Waals surface area (Å²) < 4.78 is 11.1. The molecule has 0 fully saturated rings. The number of halogens is 1. The largest absolute Gasteiger partial charge is 0.505 e. The van der Waals surface area contributed by atoms with Crippen molar-refractivity contribution in [3.63, 3.8) is 0 Å². The highest BCUT2D eigenvalue weighted by molar-refractivity contribution is 9.10. The highest BCUT2D eigenvalue weighted by atomic mass is 79.9. The molecule has 0 saturated heterocycles. The number of hydrogen-bond acceptors (Lipinski definition) is 5. The van der Waals surface area contributed by atoms with E-state index in [1.165, 1.54) is 0 Å². The summed E-state index contributed by atoms with van der Waals surface area (Å²) in [6.07, 6.45) is 0. The van der Waals surface area contributed by atoms with Gasteiger partial charge in [-0.15, -0.1) is 10.2 Å². The van der Waals surface area contributed by atoms with Gasteiger partial charge in [-0.3, -0.25) is 0 Å². The number of phenolic OH excluding ortho intramolecular Hbond substituents is 1. The summed E-state index contributed by atoms with van der Waals surface area (Å²) in [4.78, 5) is 0. The molecule has 1 N–H and O–H groups in total. The van der Waals surface area contributed by atoms with E-state index >= 15 is 0 Å². The summed E-state index contributed by atoms with van der Waals surface area (Å²) in [5.41, 5.74) is 1.88. The van der Waals surface area contributed by atoms with Crippen LogP contribution in [0.15, 0.2) is 45.0 Å². The molecule has 0 aliphatic heterocycles. The lowest BCUT2D eigenvalue weighted by Crippen LogP contribution is -2.10. The predicted octanol–water partition coefficient (Wildman–Crippen LogP) is 5.88. The Labute approximate surface area is 150 Å². The van der Waals surface area contributed by atoms with Crippen molar-refractivity contribution in [2.75, 3.05) is 14.2 Å². The lowest BCUT2D eigenvalue weighted by Gasteiger charge is -2.20. The second kappa shape index (κ2) is 7.21. The summed E-state index contributed by atoms with van der Waals surface area (Å²) >= 11 is 3.37. The molecule has 0 aliphatic rings. The Morgan fingerprint density at radius 2 is 1.62 bits per heavy atom. The molecule has 5 nitrogen and oxygen atoms in total. The minimum atomic E-state index is -0.0753. The molecule has 0 heterocycles. The Balaban J connectivity index is 2.47. The maximum atomic E-state index is 10.2. The molecule has 0 bridgehead atoms. The van der Waals surface area contributed by atoms with Crippen molar-refractivity contribution < 1.29 is 14.6 Å². The summed E-state index contributed by atoms with van der Waals surface area (Å²) in [7, 11) is 3.15. The van der Waals surface area contributed by atoms with Crippen molar-refractivity contribution in [2.45, 2.75) is 26.2 Å². The number of rotatable bonds is 4. The molecule has 128 valence electrons. The van der Waals surface area contributed by atoms with Gasteiger partial charge in [0.15, 0.2) is 5.75 Å². The van der Waals surface area contributed by atoms with Gasteiger partial charge in [0.05, 0.1) is 18.7 Å². The second-order valence-corrected chi connectivity index (χ2v) is 7.17. The molecule has 2 aromatic carbocycles. The fourth-order valence-corrected chi connectivity index (χ4v) is 2.53. The molecular weight excluding hydrogens is 372 g/mol. The van der Waals surface area contributed by atoms with Gasteiger partial charge in [-0.2, -0.15) is 0 Å². The first kappa shape index (κ1) is 18.3. The zero-order chi connectivity index (χ0) is 17.9. The van der Waals surface area contributed by atoms with Gasteiger partial charge in [0.2, 0.25) is 0 Å². The standard InChI is InChI=1S/C18H21BrN2O3/c1-18(2,3)11-8-13(19)17(22)15(9-11)21-20-14-10-12(23-4)6-7-16(14)24-5/h6-10,22H,1-5H3. The zero-order valence-corrected chi connectivity index (χ0v) is 16.0. The molecule has 0 aliphatic carbocycles. The van der Waals surface area contributed by atoms with Gasteiger partial charge in [0, 0.05) is 6.07 Å². The summed E-state index contributed by atoms with van der Waals surface area (Å²) in [5.74, 6) is 1.28. The van der Waals surface area contributed by atoms with Gasteiger partial charge in [0.25, 0.3) is 0 Å². The van der Waals surface area contributed by atoms with Crippen molar-refractivity contribution in [2.24, 2.45) is 10.2 Å². The Morgan fingerprint density at radius 1 is 0.958 bits per heavy atom. The van der Waals surface area contributed by atoms with Gasteiger partial charge in [0.1, 0.15) is 22.9 Å². The molecule has 0 spiro atoms. The van der Waals surface area contributed by atoms with Crippen LogP contribution < -0.4 is 9.47 Å². The average Bonchev–Trinajstić information content (AvgIpc) is 2.54. The summed E-state index contributed by atoms with van der Waals surface area (Å²) in [5, 5.41) is 18.7. The van der Waals surface area contributed by atoms with Crippen molar-refractivity contribution in [3.8, 4) is 17.2 Å². The monoisotopic (exact) mass is 392 g/mol. The van der Waals surface area contributed by atoms with Crippen molar-refractivity contribution in [3.05, 3.63) is 40.4 Å². The Hall–Kier alpha value is -2.08. The van der Waals surface area contributed by atoms with Crippen LogP contribution in [0.2, 0.25) is 0 Å². The van der Waals surface area contributed by atoms with Crippen LogP contribution in [0.3, 0.4) is 0 Å². The van der Waals surface area contributed by atoms with Crippen molar-refractivity contribution in [1.82, 2.24) is 0 Å². The number of azo groups is 1. The van der Waals surface area contributed by atoms with Crippen LogP contribution in [-0.4, -0.2) is 19.3 Å². The lowest BCUT2D eigenvalue weighted by molar-refractivity contribution is 0.404. The van der Waals surface area contributed by atoms with E-state index in [4.69, 9.17) is 9.47 Å². The van der Waals surface area contributed by atoms with Crippen LogP contribution in [-0.2, 0) is 5.41 Å². The average molecular weight is 393 g/mol. The molecule has 6 heteroatoms. The number of benzene rings is 2. The maximum absolute atomic E-state index is 10.2. The van der Waals surface area contributed by atoms with E-state index in [-0.39, 0.29) is 11.2 Å². The number of ether oxygens (including phenoxy) is 2. The van der Waals surface area contributed by atoms with Crippen LogP contribution in [0.4, 0.5) is 11.4 Å². The molecule has 0 unspecified atom stereocenters. The second-order valence-electron chi connectivity index (χ2n) is 6.31. The Bertz CT molecular complexity index is 768. The van der Waals surface area contributed by atoms with Crippen LogP contribution in [0.25, 0.3) is 0 Å². The first-order chi connectivity index (χ1) is 11.3. The van der Waals surface area contributed by atoms with Crippen LogP contribution in [0.1, 0.15) is 26.3 Å². The van der Waals surface area contributed by atoms with Gasteiger partial charge < -0.3 is 14.6 Å². The lowest BCUT2D eigenvalue weighted by atomic mass is 9.87. The normalized spacial score (nSPS) is 11.8. The summed E-state index contributed by atoms with van der Waals surface area (Å²) in [6, 6.07) is 8.99. The van der Waals surface area contributed by atoms with E-state index in [1.54, 1.807) is 32.4 Å². The van der Waals surface area contributed by atoms with E-state index in [0.717, 1.165) is 5.56 Å². The van der Waals surface area contributed by atoms with Gasteiger partial charge in [-0.05, 0) is 51.2 Å². The van der Waals surface area contributed by atoms with Crippen LogP contribution in [0.5, 0.6) is 17.2 Å². The molecule has 24 heavy (non-hydrogen) atoms. The number of aromatic hydroxyl groups is 1. The summed E-state index contributed by atoms with van der Waals surface area (Å²) in [6.45, 7) is 6.29. The SMILES string of the molecule is COc1ccc(OC)c(N=Nc2cc(C(C)(C)C)cc(Br)c2O)c1. The number of nitrogens with zero attached hydrogens (tertiary/aromatic N) is 2. The van der Waals surface area contributed by atoms with E-state index in [9.17, 15) is 5.11 Å². The molecule has 0 saturated carbocycles. The third-order valence-corrected chi connectivity index (χ3v) is 4.17. The van der Waals surface area contributed by atoms with Crippen LogP contribution >= 0.6 is 15.9 Å². The van der Waals surface area contributed by atoms with E-state index < -0.39 is 0 Å². The first-order valence-corrected chi connectivity index (χ1v) is 8.22. The third-order valence-electron chi connectivity index (χ3n) is 3.56. The zero-order valence-electron chi connectivity index (χ0n) is 14.4. The van der Waals surface area contributed by atoms with Crippen molar-refractivity contribution >= 4 is 27.3 Å². The van der Waals surface area contributed by atoms with Crippen molar-refractivity contribution in [1.29, 1.82) is 0 Å².